The van der Waals surface area contributed by atoms with Crippen LogP contribution in [0.15, 0.2) is 6.33 Å². The van der Waals surface area contributed by atoms with Gasteiger partial charge in [0.2, 0.25) is 0 Å². The Labute approximate surface area is 105 Å². The van der Waals surface area contributed by atoms with E-state index in [9.17, 15) is 0 Å². The molecule has 1 heterocycles. The van der Waals surface area contributed by atoms with Crippen molar-refractivity contribution in [3.63, 3.8) is 0 Å². The molecular formula is C12H15ClN4. The molecule has 0 amide bonds. The Morgan fingerprint density at radius 1 is 1.24 bits per heavy atom. The van der Waals surface area contributed by atoms with E-state index in [1.165, 1.54) is 25.6 Å². The fraction of sp³-hybridized carbons (Fsp3) is 0.667. The van der Waals surface area contributed by atoms with E-state index in [0.29, 0.717) is 22.7 Å². The molecule has 17 heavy (non-hydrogen) atoms. The standard InChI is InChI=1S/C12H15ClN4/c13-9-11(14)15-4-16-12(9)17-10-7-5-1-2-6(3-5)8(7)10/h4-8,10H,1-3H2,(H3,14,15,16,17). The molecule has 3 fully saturated rings. The van der Waals surface area contributed by atoms with Gasteiger partial charge in [0.1, 0.15) is 17.2 Å². The third-order valence-corrected chi connectivity index (χ3v) is 5.23. The topological polar surface area (TPSA) is 63.8 Å². The molecule has 0 spiro atoms. The Hall–Kier alpha value is -1.03. The van der Waals surface area contributed by atoms with Gasteiger partial charge < -0.3 is 11.1 Å². The molecule has 4 unspecified atom stereocenters. The van der Waals surface area contributed by atoms with E-state index in [1.54, 1.807) is 0 Å². The summed E-state index contributed by atoms with van der Waals surface area (Å²) in [6.45, 7) is 0. The molecule has 3 aliphatic carbocycles. The minimum Gasteiger partial charge on any atom is -0.382 e. The van der Waals surface area contributed by atoms with Crippen LogP contribution < -0.4 is 11.1 Å². The van der Waals surface area contributed by atoms with Crippen molar-refractivity contribution in [3.05, 3.63) is 11.3 Å². The molecule has 2 bridgehead atoms. The molecule has 4 nitrogen and oxygen atoms in total. The van der Waals surface area contributed by atoms with E-state index in [1.807, 2.05) is 0 Å². The number of hydrogen-bond acceptors (Lipinski definition) is 4. The summed E-state index contributed by atoms with van der Waals surface area (Å²) in [6.07, 6.45) is 5.76. The summed E-state index contributed by atoms with van der Waals surface area (Å²) in [4.78, 5) is 8.06. The SMILES string of the molecule is Nc1ncnc(NC2C3C4CCC(C4)C23)c1Cl. The van der Waals surface area contributed by atoms with Gasteiger partial charge in [-0.3, -0.25) is 0 Å². The molecule has 5 heteroatoms. The molecule has 3 aliphatic rings. The summed E-state index contributed by atoms with van der Waals surface area (Å²) < 4.78 is 0. The van der Waals surface area contributed by atoms with Crippen molar-refractivity contribution in [1.29, 1.82) is 0 Å². The Bertz CT molecular complexity index is 462. The number of halogens is 1. The predicted molar refractivity (Wildman–Crippen MR) is 66.7 cm³/mol. The highest BCUT2D eigenvalue weighted by molar-refractivity contribution is 6.35. The van der Waals surface area contributed by atoms with Crippen LogP contribution in [0.3, 0.4) is 0 Å². The maximum absolute atomic E-state index is 6.10. The molecule has 1 aromatic heterocycles. The van der Waals surface area contributed by atoms with Crippen molar-refractivity contribution in [2.24, 2.45) is 23.7 Å². The number of nitrogens with zero attached hydrogens (tertiary/aromatic N) is 2. The zero-order valence-electron chi connectivity index (χ0n) is 9.44. The number of fused-ring (bicyclic) bond motifs is 5. The first kappa shape index (κ1) is 9.95. The minimum absolute atomic E-state index is 0.359. The van der Waals surface area contributed by atoms with Crippen LogP contribution in [0.2, 0.25) is 5.02 Å². The van der Waals surface area contributed by atoms with Gasteiger partial charge in [-0.1, -0.05) is 11.6 Å². The number of nitrogen functional groups attached to an aromatic ring is 1. The fourth-order valence-electron chi connectivity index (χ4n) is 4.16. The van der Waals surface area contributed by atoms with E-state index >= 15 is 0 Å². The van der Waals surface area contributed by atoms with E-state index < -0.39 is 0 Å². The third-order valence-electron chi connectivity index (χ3n) is 4.86. The van der Waals surface area contributed by atoms with Crippen LogP contribution in [-0.4, -0.2) is 16.0 Å². The molecule has 4 atom stereocenters. The van der Waals surface area contributed by atoms with Crippen molar-refractivity contribution in [2.45, 2.75) is 25.3 Å². The van der Waals surface area contributed by atoms with Crippen LogP contribution in [0.25, 0.3) is 0 Å². The summed E-state index contributed by atoms with van der Waals surface area (Å²) >= 11 is 6.10. The maximum Gasteiger partial charge on any atom is 0.150 e. The lowest BCUT2D eigenvalue weighted by atomic mass is 10.0. The first-order valence-corrected chi connectivity index (χ1v) is 6.66. The molecule has 0 aliphatic heterocycles. The first-order chi connectivity index (χ1) is 8.25. The number of nitrogens with one attached hydrogen (secondary N) is 1. The van der Waals surface area contributed by atoms with Crippen LogP contribution >= 0.6 is 11.6 Å². The molecule has 3 N–H and O–H groups in total. The van der Waals surface area contributed by atoms with Crippen LogP contribution in [0.5, 0.6) is 0 Å². The van der Waals surface area contributed by atoms with Crippen molar-refractivity contribution in [1.82, 2.24) is 9.97 Å². The second-order valence-electron chi connectivity index (χ2n) is 5.58. The third kappa shape index (κ3) is 1.30. The second kappa shape index (κ2) is 3.25. The van der Waals surface area contributed by atoms with E-state index in [-0.39, 0.29) is 0 Å². The van der Waals surface area contributed by atoms with Crippen LogP contribution in [0.1, 0.15) is 19.3 Å². The van der Waals surface area contributed by atoms with Crippen LogP contribution in [0.4, 0.5) is 11.6 Å². The van der Waals surface area contributed by atoms with Crippen LogP contribution in [-0.2, 0) is 0 Å². The lowest BCUT2D eigenvalue weighted by Gasteiger charge is -2.12. The molecule has 1 aromatic rings. The Morgan fingerprint density at radius 3 is 2.65 bits per heavy atom. The zero-order chi connectivity index (χ0) is 11.6. The van der Waals surface area contributed by atoms with Gasteiger partial charge in [0, 0.05) is 6.04 Å². The maximum atomic E-state index is 6.10. The molecule has 90 valence electrons. The zero-order valence-corrected chi connectivity index (χ0v) is 10.2. The minimum atomic E-state index is 0.359. The summed E-state index contributed by atoms with van der Waals surface area (Å²) in [6, 6.07) is 0.577. The second-order valence-corrected chi connectivity index (χ2v) is 5.96. The average Bonchev–Trinajstić information content (AvgIpc) is 2.72. The van der Waals surface area contributed by atoms with E-state index in [0.717, 1.165) is 23.7 Å². The van der Waals surface area contributed by atoms with Crippen molar-refractivity contribution >= 4 is 23.2 Å². The van der Waals surface area contributed by atoms with E-state index in [2.05, 4.69) is 15.3 Å². The van der Waals surface area contributed by atoms with Gasteiger partial charge in [0.15, 0.2) is 5.82 Å². The van der Waals surface area contributed by atoms with Gasteiger partial charge in [-0.05, 0) is 42.9 Å². The number of hydrogen-bond donors (Lipinski definition) is 2. The average molecular weight is 251 g/mol. The molecule has 3 saturated carbocycles. The Balaban J connectivity index is 1.55. The van der Waals surface area contributed by atoms with Gasteiger partial charge in [0.05, 0.1) is 0 Å². The number of nitrogens with two attached hydrogens (primary N) is 1. The summed E-state index contributed by atoms with van der Waals surface area (Å²) in [5.41, 5.74) is 5.68. The Kier molecular flexibility index (Phi) is 1.90. The largest absolute Gasteiger partial charge is 0.382 e. The van der Waals surface area contributed by atoms with Crippen molar-refractivity contribution in [3.8, 4) is 0 Å². The highest BCUT2D eigenvalue weighted by Gasteiger charge is 2.65. The van der Waals surface area contributed by atoms with Gasteiger partial charge in [-0.2, -0.15) is 0 Å². The molecule has 4 rings (SSSR count). The lowest BCUT2D eigenvalue weighted by molar-refractivity contribution is 0.456. The molecular weight excluding hydrogens is 236 g/mol. The predicted octanol–water partition coefficient (Wildman–Crippen LogP) is 2.17. The van der Waals surface area contributed by atoms with E-state index in [4.69, 9.17) is 17.3 Å². The highest BCUT2D eigenvalue weighted by Crippen LogP contribution is 2.66. The smallest absolute Gasteiger partial charge is 0.150 e. The van der Waals surface area contributed by atoms with Crippen molar-refractivity contribution < 1.29 is 0 Å². The monoisotopic (exact) mass is 250 g/mol. The number of aromatic nitrogens is 2. The molecule has 0 saturated heterocycles. The normalized spacial score (nSPS) is 41.4. The summed E-state index contributed by atoms with van der Waals surface area (Å²) in [5.74, 6) is 4.68. The van der Waals surface area contributed by atoms with Crippen LogP contribution in [0, 0.1) is 23.7 Å². The van der Waals surface area contributed by atoms with Gasteiger partial charge >= 0.3 is 0 Å². The number of anilines is 2. The highest BCUT2D eigenvalue weighted by atomic mass is 35.5. The van der Waals surface area contributed by atoms with Gasteiger partial charge in [-0.15, -0.1) is 0 Å². The first-order valence-electron chi connectivity index (χ1n) is 6.28. The molecule has 0 radical (unpaired) electrons. The van der Waals surface area contributed by atoms with Gasteiger partial charge in [-0.25, -0.2) is 9.97 Å². The summed E-state index contributed by atoms with van der Waals surface area (Å²) in [5, 5.41) is 3.93. The Morgan fingerprint density at radius 2 is 1.94 bits per heavy atom. The summed E-state index contributed by atoms with van der Waals surface area (Å²) in [7, 11) is 0. The lowest BCUT2D eigenvalue weighted by Crippen LogP contribution is -2.14. The number of rotatable bonds is 2. The molecule has 0 aromatic carbocycles. The fourth-order valence-corrected chi connectivity index (χ4v) is 4.31. The van der Waals surface area contributed by atoms with Gasteiger partial charge in [0.25, 0.3) is 0 Å². The quantitative estimate of drug-likeness (QED) is 0.844. The van der Waals surface area contributed by atoms with Crippen molar-refractivity contribution in [2.75, 3.05) is 11.1 Å².